The van der Waals surface area contributed by atoms with Crippen LogP contribution in [0.25, 0.3) is 0 Å². The first-order valence-electron chi connectivity index (χ1n) is 4.15. The van der Waals surface area contributed by atoms with Gasteiger partial charge in [-0.15, -0.1) is 6.58 Å². The Labute approximate surface area is 79.1 Å². The molecule has 0 aliphatic carbocycles. The Bertz CT molecular complexity index is 145. The van der Waals surface area contributed by atoms with E-state index in [2.05, 4.69) is 6.58 Å². The summed E-state index contributed by atoms with van der Waals surface area (Å²) in [5.74, 6) is -0.385. The van der Waals surface area contributed by atoms with Crippen LogP contribution < -0.4 is 0 Å². The molecule has 0 heterocycles. The molecule has 0 saturated carbocycles. The van der Waals surface area contributed by atoms with Crippen molar-refractivity contribution in [1.82, 2.24) is 0 Å². The molecule has 2 nitrogen and oxygen atoms in total. The van der Waals surface area contributed by atoms with Gasteiger partial charge in [-0.1, -0.05) is 31.5 Å². The van der Waals surface area contributed by atoms with Crippen LogP contribution in [-0.2, 0) is 4.79 Å². The normalized spacial score (nSPS) is 12.4. The molecule has 0 amide bonds. The number of carbonyl (C=O) groups is 1. The molecule has 0 bridgehead atoms. The van der Waals surface area contributed by atoms with E-state index in [9.17, 15) is 4.79 Å². The van der Waals surface area contributed by atoms with Crippen molar-refractivity contribution >= 4 is 18.6 Å². The summed E-state index contributed by atoms with van der Waals surface area (Å²) in [5, 5.41) is 8.64. The number of hydrogen-bond donors (Lipinski definition) is 1. The molecular formula is C9H15O2S. The van der Waals surface area contributed by atoms with Crippen LogP contribution in [0.2, 0.25) is 0 Å². The molecule has 1 radical (unpaired) electrons. The van der Waals surface area contributed by atoms with Crippen LogP contribution in [0.1, 0.15) is 25.7 Å². The highest BCUT2D eigenvalue weighted by molar-refractivity contribution is 7.80. The van der Waals surface area contributed by atoms with Gasteiger partial charge in [0.1, 0.15) is 0 Å². The molecule has 0 spiro atoms. The van der Waals surface area contributed by atoms with Crippen LogP contribution >= 0.6 is 12.6 Å². The zero-order chi connectivity index (χ0) is 9.40. The lowest BCUT2D eigenvalue weighted by Crippen LogP contribution is -2.10. The van der Waals surface area contributed by atoms with Gasteiger partial charge in [-0.25, -0.2) is 0 Å². The summed E-state index contributed by atoms with van der Waals surface area (Å²) in [7, 11) is 0. The second kappa shape index (κ2) is 7.22. The maximum absolute atomic E-state index is 10.5. The highest BCUT2D eigenvalue weighted by Crippen LogP contribution is 2.11. The van der Waals surface area contributed by atoms with Crippen molar-refractivity contribution < 1.29 is 9.90 Å². The standard InChI is InChI=1S/C9H15O2S/c1-2-8(9(10)11)6-4-3-5-7-12/h2,8H,1,3-7H2,(H,10,11). The molecule has 0 aromatic carbocycles. The Kier molecular flexibility index (Phi) is 6.96. The number of hydrogen-bond acceptors (Lipinski definition) is 1. The van der Waals surface area contributed by atoms with Crippen LogP contribution in [0, 0.1) is 5.92 Å². The average Bonchev–Trinajstić information content (AvgIpc) is 2.04. The second-order valence-corrected chi connectivity index (χ2v) is 3.14. The van der Waals surface area contributed by atoms with Crippen molar-refractivity contribution in [2.45, 2.75) is 25.7 Å². The topological polar surface area (TPSA) is 37.3 Å². The Hall–Kier alpha value is -0.440. The molecule has 0 aliphatic rings. The third-order valence-electron chi connectivity index (χ3n) is 1.76. The first-order valence-corrected chi connectivity index (χ1v) is 4.73. The van der Waals surface area contributed by atoms with Gasteiger partial charge in [0.2, 0.25) is 0 Å². The van der Waals surface area contributed by atoms with E-state index in [1.807, 2.05) is 0 Å². The molecule has 3 heteroatoms. The summed E-state index contributed by atoms with van der Waals surface area (Å²) < 4.78 is 0. The maximum atomic E-state index is 10.5. The van der Waals surface area contributed by atoms with Crippen LogP contribution in [0.15, 0.2) is 12.7 Å². The highest BCUT2D eigenvalue weighted by Gasteiger charge is 2.11. The summed E-state index contributed by atoms with van der Waals surface area (Å²) in [5.41, 5.74) is 0. The van der Waals surface area contributed by atoms with Crippen molar-refractivity contribution in [1.29, 1.82) is 0 Å². The van der Waals surface area contributed by atoms with Gasteiger partial charge in [0, 0.05) is 5.75 Å². The zero-order valence-electron chi connectivity index (χ0n) is 7.16. The van der Waals surface area contributed by atoms with E-state index in [1.165, 1.54) is 6.08 Å². The third kappa shape index (κ3) is 5.24. The van der Waals surface area contributed by atoms with Gasteiger partial charge in [-0.3, -0.25) is 4.79 Å². The molecule has 0 aliphatic heterocycles. The largest absolute Gasteiger partial charge is 0.481 e. The summed E-state index contributed by atoms with van der Waals surface area (Å²) in [6.45, 7) is 3.48. The van der Waals surface area contributed by atoms with Gasteiger partial charge in [0.25, 0.3) is 0 Å². The van der Waals surface area contributed by atoms with Gasteiger partial charge < -0.3 is 5.11 Å². The molecule has 1 atom stereocenters. The number of rotatable bonds is 7. The monoisotopic (exact) mass is 187 g/mol. The molecule has 1 N–H and O–H groups in total. The minimum Gasteiger partial charge on any atom is -0.481 e. The van der Waals surface area contributed by atoms with E-state index in [4.69, 9.17) is 17.7 Å². The van der Waals surface area contributed by atoms with Gasteiger partial charge >= 0.3 is 5.97 Å². The highest BCUT2D eigenvalue weighted by atomic mass is 32.1. The van der Waals surface area contributed by atoms with Gasteiger partial charge in [-0.05, 0) is 12.8 Å². The van der Waals surface area contributed by atoms with E-state index < -0.39 is 5.97 Å². The Morgan fingerprint density at radius 1 is 1.50 bits per heavy atom. The van der Waals surface area contributed by atoms with E-state index in [-0.39, 0.29) is 5.92 Å². The molecule has 0 fully saturated rings. The SMILES string of the molecule is C=CC(CCCCC[S])C(=O)O. The van der Waals surface area contributed by atoms with Crippen molar-refractivity contribution in [3.8, 4) is 0 Å². The number of carboxylic acids is 1. The molecule has 12 heavy (non-hydrogen) atoms. The summed E-state index contributed by atoms with van der Waals surface area (Å²) in [6, 6.07) is 0. The summed E-state index contributed by atoms with van der Waals surface area (Å²) in [4.78, 5) is 10.5. The van der Waals surface area contributed by atoms with E-state index in [0.29, 0.717) is 6.42 Å². The predicted molar refractivity (Wildman–Crippen MR) is 52.2 cm³/mol. The number of unbranched alkanes of at least 4 members (excludes halogenated alkanes) is 2. The van der Waals surface area contributed by atoms with Crippen molar-refractivity contribution in [3.05, 3.63) is 12.7 Å². The lowest BCUT2D eigenvalue weighted by molar-refractivity contribution is -0.140. The zero-order valence-corrected chi connectivity index (χ0v) is 7.98. The molecular weight excluding hydrogens is 172 g/mol. The van der Waals surface area contributed by atoms with E-state index in [1.54, 1.807) is 0 Å². The Morgan fingerprint density at radius 3 is 2.58 bits per heavy atom. The fraction of sp³-hybridized carbons (Fsp3) is 0.667. The molecule has 1 unspecified atom stereocenters. The minimum absolute atomic E-state index is 0.380. The average molecular weight is 187 g/mol. The van der Waals surface area contributed by atoms with Crippen molar-refractivity contribution in [2.75, 3.05) is 5.75 Å². The fourth-order valence-corrected chi connectivity index (χ4v) is 1.19. The first-order chi connectivity index (χ1) is 5.72. The van der Waals surface area contributed by atoms with E-state index >= 15 is 0 Å². The lowest BCUT2D eigenvalue weighted by atomic mass is 10.0. The van der Waals surface area contributed by atoms with Crippen molar-refractivity contribution in [3.63, 3.8) is 0 Å². The first kappa shape index (κ1) is 11.6. The van der Waals surface area contributed by atoms with Crippen LogP contribution in [0.4, 0.5) is 0 Å². The summed E-state index contributed by atoms with van der Waals surface area (Å²) in [6.07, 6.45) is 5.16. The minimum atomic E-state index is -0.775. The van der Waals surface area contributed by atoms with Crippen molar-refractivity contribution in [2.24, 2.45) is 5.92 Å². The Morgan fingerprint density at radius 2 is 2.17 bits per heavy atom. The smallest absolute Gasteiger partial charge is 0.310 e. The number of carboxylic acid groups (broad SMARTS) is 1. The predicted octanol–water partition coefficient (Wildman–Crippen LogP) is 2.63. The lowest BCUT2D eigenvalue weighted by Gasteiger charge is -2.05. The van der Waals surface area contributed by atoms with Gasteiger partial charge in [-0.2, -0.15) is 0 Å². The van der Waals surface area contributed by atoms with Gasteiger partial charge in [0.15, 0.2) is 0 Å². The maximum Gasteiger partial charge on any atom is 0.310 e. The van der Waals surface area contributed by atoms with Crippen LogP contribution in [0.3, 0.4) is 0 Å². The fourth-order valence-electron chi connectivity index (χ4n) is 0.985. The van der Waals surface area contributed by atoms with E-state index in [0.717, 1.165) is 25.0 Å². The Balaban J connectivity index is 3.45. The van der Waals surface area contributed by atoms with Crippen LogP contribution in [0.5, 0.6) is 0 Å². The molecule has 0 aromatic rings. The molecule has 0 saturated heterocycles. The molecule has 69 valence electrons. The summed E-state index contributed by atoms with van der Waals surface area (Å²) >= 11 is 4.77. The third-order valence-corrected chi connectivity index (χ3v) is 2.05. The number of aliphatic carboxylic acids is 1. The molecule has 0 rings (SSSR count). The van der Waals surface area contributed by atoms with Crippen LogP contribution in [-0.4, -0.2) is 16.8 Å². The van der Waals surface area contributed by atoms with Gasteiger partial charge in [0.05, 0.1) is 5.92 Å². The molecule has 0 aromatic heterocycles. The quantitative estimate of drug-likeness (QED) is 0.491. The second-order valence-electron chi connectivity index (χ2n) is 2.73.